The van der Waals surface area contributed by atoms with Crippen LogP contribution in [0, 0.1) is 0 Å². The fourth-order valence-electron chi connectivity index (χ4n) is 1.49. The molecule has 0 bridgehead atoms. The van der Waals surface area contributed by atoms with Crippen molar-refractivity contribution in [3.05, 3.63) is 17.0 Å². The van der Waals surface area contributed by atoms with E-state index < -0.39 is 0 Å². The number of fused-ring (bicyclic) bond motifs is 1. The van der Waals surface area contributed by atoms with E-state index in [2.05, 4.69) is 9.84 Å². The smallest absolute Gasteiger partial charge is 0.356 e. The molecule has 0 aliphatic carbocycles. The van der Waals surface area contributed by atoms with Gasteiger partial charge in [0, 0.05) is 12.6 Å². The summed E-state index contributed by atoms with van der Waals surface area (Å²) in [5.74, 6) is -0.359. The predicted molar refractivity (Wildman–Crippen MR) is 43.0 cm³/mol. The number of esters is 1. The van der Waals surface area contributed by atoms with E-state index in [1.807, 2.05) is 0 Å². The SMILES string of the molecule is COC(=O)c1c2c(nn1C)COC2. The third kappa shape index (κ3) is 1.12. The number of carbonyl (C=O) groups excluding carboxylic acids is 1. The molecule has 0 spiro atoms. The molecule has 0 fully saturated rings. The molecule has 0 atom stereocenters. The largest absolute Gasteiger partial charge is 0.464 e. The van der Waals surface area contributed by atoms with E-state index in [1.54, 1.807) is 11.7 Å². The standard InChI is InChI=1S/C8H10N2O3/c1-10-7(8(11)12-2)5-3-13-4-6(5)9-10/h3-4H2,1-2H3. The Morgan fingerprint density at radius 2 is 2.38 bits per heavy atom. The molecule has 2 heterocycles. The van der Waals surface area contributed by atoms with Gasteiger partial charge in [0.2, 0.25) is 0 Å². The third-order valence-corrected chi connectivity index (χ3v) is 2.09. The van der Waals surface area contributed by atoms with Crippen LogP contribution < -0.4 is 0 Å². The lowest BCUT2D eigenvalue weighted by Crippen LogP contribution is -2.10. The Labute approximate surface area is 75.2 Å². The van der Waals surface area contributed by atoms with Crippen LogP contribution in [0.2, 0.25) is 0 Å². The quantitative estimate of drug-likeness (QED) is 0.584. The molecule has 1 aliphatic heterocycles. The highest BCUT2D eigenvalue weighted by Crippen LogP contribution is 2.22. The summed E-state index contributed by atoms with van der Waals surface area (Å²) in [5.41, 5.74) is 2.19. The van der Waals surface area contributed by atoms with Crippen LogP contribution in [0.3, 0.4) is 0 Å². The molecule has 0 aromatic carbocycles. The summed E-state index contributed by atoms with van der Waals surface area (Å²) >= 11 is 0. The van der Waals surface area contributed by atoms with Crippen LogP contribution in [0.1, 0.15) is 21.7 Å². The van der Waals surface area contributed by atoms with Crippen molar-refractivity contribution < 1.29 is 14.3 Å². The topological polar surface area (TPSA) is 53.3 Å². The molecule has 1 aliphatic rings. The number of aromatic nitrogens is 2. The number of nitrogens with zero attached hydrogens (tertiary/aromatic N) is 2. The van der Waals surface area contributed by atoms with Crippen LogP contribution in [0.5, 0.6) is 0 Å². The van der Waals surface area contributed by atoms with Gasteiger partial charge in [-0.25, -0.2) is 4.79 Å². The molecule has 2 rings (SSSR count). The molecule has 0 N–H and O–H groups in total. The van der Waals surface area contributed by atoms with Crippen molar-refractivity contribution in [3.8, 4) is 0 Å². The molecule has 1 aromatic rings. The Morgan fingerprint density at radius 1 is 1.62 bits per heavy atom. The van der Waals surface area contributed by atoms with Crippen molar-refractivity contribution in [1.82, 2.24) is 9.78 Å². The minimum Gasteiger partial charge on any atom is -0.464 e. The molecule has 5 nitrogen and oxygen atoms in total. The summed E-state index contributed by atoms with van der Waals surface area (Å²) in [7, 11) is 3.09. The Hall–Kier alpha value is -1.36. The first-order valence-electron chi connectivity index (χ1n) is 3.95. The first-order valence-corrected chi connectivity index (χ1v) is 3.95. The lowest BCUT2D eigenvalue weighted by atomic mass is 10.2. The van der Waals surface area contributed by atoms with Crippen molar-refractivity contribution in [2.45, 2.75) is 13.2 Å². The third-order valence-electron chi connectivity index (χ3n) is 2.09. The molecule has 70 valence electrons. The number of rotatable bonds is 1. The number of aryl methyl sites for hydroxylation is 1. The van der Waals surface area contributed by atoms with E-state index in [-0.39, 0.29) is 5.97 Å². The first kappa shape index (κ1) is 8.25. The zero-order valence-corrected chi connectivity index (χ0v) is 7.53. The molecular weight excluding hydrogens is 172 g/mol. The van der Waals surface area contributed by atoms with Gasteiger partial charge in [-0.2, -0.15) is 5.10 Å². The lowest BCUT2D eigenvalue weighted by Gasteiger charge is -2.01. The highest BCUT2D eigenvalue weighted by Gasteiger charge is 2.26. The van der Waals surface area contributed by atoms with Crippen LogP contribution in [0.4, 0.5) is 0 Å². The fraction of sp³-hybridized carbons (Fsp3) is 0.500. The number of ether oxygens (including phenoxy) is 2. The molecule has 0 saturated carbocycles. The van der Waals surface area contributed by atoms with Crippen molar-refractivity contribution in [3.63, 3.8) is 0 Å². The Balaban J connectivity index is 2.50. The molecule has 5 heteroatoms. The Morgan fingerprint density at radius 3 is 3.08 bits per heavy atom. The summed E-state index contributed by atoms with van der Waals surface area (Å²) in [6, 6.07) is 0. The van der Waals surface area contributed by atoms with Crippen LogP contribution >= 0.6 is 0 Å². The van der Waals surface area contributed by atoms with Gasteiger partial charge in [0.05, 0.1) is 26.0 Å². The second kappa shape index (κ2) is 2.85. The summed E-state index contributed by atoms with van der Waals surface area (Å²) in [6.45, 7) is 0.938. The minimum atomic E-state index is -0.359. The second-order valence-electron chi connectivity index (χ2n) is 2.88. The van der Waals surface area contributed by atoms with E-state index in [9.17, 15) is 4.79 Å². The van der Waals surface area contributed by atoms with Gasteiger partial charge in [-0.15, -0.1) is 0 Å². The summed E-state index contributed by atoms with van der Waals surface area (Å²) in [4.78, 5) is 11.3. The van der Waals surface area contributed by atoms with Crippen molar-refractivity contribution in [2.24, 2.45) is 7.05 Å². The van der Waals surface area contributed by atoms with E-state index in [0.29, 0.717) is 18.9 Å². The molecular formula is C8H10N2O3. The van der Waals surface area contributed by atoms with Crippen LogP contribution in [0.15, 0.2) is 0 Å². The molecule has 1 aromatic heterocycles. The molecule has 0 amide bonds. The molecule has 0 saturated heterocycles. The van der Waals surface area contributed by atoms with Crippen LogP contribution in [-0.4, -0.2) is 22.9 Å². The summed E-state index contributed by atoms with van der Waals surface area (Å²) in [5, 5.41) is 4.15. The van der Waals surface area contributed by atoms with Crippen LogP contribution in [-0.2, 0) is 29.7 Å². The van der Waals surface area contributed by atoms with Crippen molar-refractivity contribution in [1.29, 1.82) is 0 Å². The average molecular weight is 182 g/mol. The highest BCUT2D eigenvalue weighted by atomic mass is 16.5. The zero-order chi connectivity index (χ0) is 9.42. The van der Waals surface area contributed by atoms with Gasteiger partial charge in [-0.1, -0.05) is 0 Å². The first-order chi connectivity index (χ1) is 6.24. The minimum absolute atomic E-state index is 0.359. The zero-order valence-electron chi connectivity index (χ0n) is 7.53. The maximum atomic E-state index is 11.3. The van der Waals surface area contributed by atoms with Gasteiger partial charge in [-0.05, 0) is 0 Å². The van der Waals surface area contributed by atoms with Gasteiger partial charge >= 0.3 is 5.97 Å². The molecule has 13 heavy (non-hydrogen) atoms. The Bertz CT molecular complexity index is 357. The maximum absolute atomic E-state index is 11.3. The molecule has 0 unspecified atom stereocenters. The number of hydrogen-bond donors (Lipinski definition) is 0. The van der Waals surface area contributed by atoms with E-state index in [0.717, 1.165) is 11.3 Å². The van der Waals surface area contributed by atoms with E-state index >= 15 is 0 Å². The average Bonchev–Trinajstić information content (AvgIpc) is 2.62. The van der Waals surface area contributed by atoms with E-state index in [4.69, 9.17) is 4.74 Å². The Kier molecular flexibility index (Phi) is 1.81. The lowest BCUT2D eigenvalue weighted by molar-refractivity contribution is 0.0581. The van der Waals surface area contributed by atoms with Gasteiger partial charge in [0.1, 0.15) is 0 Å². The van der Waals surface area contributed by atoms with Gasteiger partial charge in [-0.3, -0.25) is 4.68 Å². The van der Waals surface area contributed by atoms with Crippen molar-refractivity contribution >= 4 is 5.97 Å². The normalized spacial score (nSPS) is 14.3. The van der Waals surface area contributed by atoms with Gasteiger partial charge in [0.15, 0.2) is 5.69 Å². The van der Waals surface area contributed by atoms with Crippen LogP contribution in [0.25, 0.3) is 0 Å². The van der Waals surface area contributed by atoms with Gasteiger partial charge < -0.3 is 9.47 Å². The molecule has 0 radical (unpaired) electrons. The second-order valence-corrected chi connectivity index (χ2v) is 2.88. The maximum Gasteiger partial charge on any atom is 0.356 e. The van der Waals surface area contributed by atoms with E-state index in [1.165, 1.54) is 7.11 Å². The number of methoxy groups -OCH3 is 1. The predicted octanol–water partition coefficient (Wildman–Crippen LogP) is 0.237. The summed E-state index contributed by atoms with van der Waals surface area (Å²) in [6.07, 6.45) is 0. The van der Waals surface area contributed by atoms with Crippen molar-refractivity contribution in [2.75, 3.05) is 7.11 Å². The van der Waals surface area contributed by atoms with Gasteiger partial charge in [0.25, 0.3) is 0 Å². The highest BCUT2D eigenvalue weighted by molar-refractivity contribution is 5.89. The monoisotopic (exact) mass is 182 g/mol. The summed E-state index contributed by atoms with van der Waals surface area (Å²) < 4.78 is 11.3. The fourth-order valence-corrected chi connectivity index (χ4v) is 1.49. The number of hydrogen-bond acceptors (Lipinski definition) is 4. The number of carbonyl (C=O) groups is 1.